The Labute approximate surface area is 74.3 Å². The molecule has 1 aliphatic rings. The summed E-state index contributed by atoms with van der Waals surface area (Å²) in [6, 6.07) is 0. The van der Waals surface area contributed by atoms with Gasteiger partial charge < -0.3 is 4.90 Å². The minimum absolute atomic E-state index is 0.829. The van der Waals surface area contributed by atoms with Gasteiger partial charge in [0.15, 0.2) is 0 Å². The van der Waals surface area contributed by atoms with Crippen molar-refractivity contribution in [2.24, 2.45) is 0 Å². The van der Waals surface area contributed by atoms with Gasteiger partial charge in [-0.2, -0.15) is 0 Å². The standard InChI is InChI=1S/C7H10ClN.C2H6/c1-6-3-4-9(2)7(8)5-6;1-2/h3,5H,4H2,1-2H3;1-2H3. The van der Waals surface area contributed by atoms with Gasteiger partial charge in [0.25, 0.3) is 0 Å². The molecular weight excluding hydrogens is 158 g/mol. The van der Waals surface area contributed by atoms with Crippen LogP contribution < -0.4 is 0 Å². The predicted octanol–water partition coefficient (Wildman–Crippen LogP) is 2.98. The third-order valence-corrected chi connectivity index (χ3v) is 1.80. The molecule has 0 saturated heterocycles. The van der Waals surface area contributed by atoms with Gasteiger partial charge in [-0.15, -0.1) is 0 Å². The third-order valence-electron chi connectivity index (χ3n) is 1.40. The average molecular weight is 174 g/mol. The Morgan fingerprint density at radius 1 is 1.45 bits per heavy atom. The lowest BCUT2D eigenvalue weighted by Gasteiger charge is -2.19. The molecule has 0 aliphatic carbocycles. The Hall–Kier alpha value is -0.430. The van der Waals surface area contributed by atoms with Gasteiger partial charge >= 0.3 is 0 Å². The molecule has 1 aliphatic heterocycles. The van der Waals surface area contributed by atoms with Gasteiger partial charge in [-0.05, 0) is 13.0 Å². The highest BCUT2D eigenvalue weighted by atomic mass is 35.5. The van der Waals surface area contributed by atoms with Gasteiger partial charge in [0, 0.05) is 13.6 Å². The second kappa shape index (κ2) is 5.25. The van der Waals surface area contributed by atoms with E-state index in [1.807, 2.05) is 31.9 Å². The summed E-state index contributed by atoms with van der Waals surface area (Å²) in [5.41, 5.74) is 1.25. The SMILES string of the molecule is CC.CC1=CCN(C)C(Cl)=C1. The summed E-state index contributed by atoms with van der Waals surface area (Å²) < 4.78 is 0. The molecule has 11 heavy (non-hydrogen) atoms. The Bertz CT molecular complexity index is 170. The van der Waals surface area contributed by atoms with E-state index in [1.54, 1.807) is 0 Å². The maximum atomic E-state index is 5.81. The van der Waals surface area contributed by atoms with E-state index >= 15 is 0 Å². The maximum Gasteiger partial charge on any atom is 0.105 e. The minimum Gasteiger partial charge on any atom is -0.362 e. The van der Waals surface area contributed by atoms with Crippen molar-refractivity contribution in [2.75, 3.05) is 13.6 Å². The van der Waals surface area contributed by atoms with Crippen LogP contribution in [-0.2, 0) is 0 Å². The second-order valence-corrected chi connectivity index (χ2v) is 2.68. The molecule has 1 heterocycles. The zero-order chi connectivity index (χ0) is 8.85. The quantitative estimate of drug-likeness (QED) is 0.509. The molecule has 1 rings (SSSR count). The van der Waals surface area contributed by atoms with E-state index in [4.69, 9.17) is 11.6 Å². The van der Waals surface area contributed by atoms with E-state index < -0.39 is 0 Å². The molecule has 0 aromatic heterocycles. The van der Waals surface area contributed by atoms with Crippen LogP contribution in [0.25, 0.3) is 0 Å². The van der Waals surface area contributed by atoms with Crippen LogP contribution >= 0.6 is 11.6 Å². The number of likely N-dealkylation sites (N-methyl/N-ethyl adjacent to an activating group) is 1. The van der Waals surface area contributed by atoms with E-state index in [9.17, 15) is 0 Å². The van der Waals surface area contributed by atoms with Crippen LogP contribution in [0.2, 0.25) is 0 Å². The zero-order valence-electron chi connectivity index (χ0n) is 7.69. The Morgan fingerprint density at radius 3 is 2.36 bits per heavy atom. The highest BCUT2D eigenvalue weighted by Crippen LogP contribution is 2.15. The number of allylic oxidation sites excluding steroid dienone is 2. The first-order valence-electron chi connectivity index (χ1n) is 3.95. The molecule has 0 radical (unpaired) electrons. The van der Waals surface area contributed by atoms with Gasteiger partial charge in [0.05, 0.1) is 0 Å². The van der Waals surface area contributed by atoms with Crippen molar-refractivity contribution < 1.29 is 0 Å². The lowest BCUT2D eigenvalue weighted by molar-refractivity contribution is 0.487. The van der Waals surface area contributed by atoms with E-state index in [0.717, 1.165) is 11.7 Å². The highest BCUT2D eigenvalue weighted by molar-refractivity contribution is 6.29. The van der Waals surface area contributed by atoms with Crippen molar-refractivity contribution in [2.45, 2.75) is 20.8 Å². The summed E-state index contributed by atoms with van der Waals surface area (Å²) >= 11 is 5.81. The largest absolute Gasteiger partial charge is 0.362 e. The van der Waals surface area contributed by atoms with Gasteiger partial charge in [0.1, 0.15) is 5.16 Å². The second-order valence-electron chi connectivity index (χ2n) is 2.30. The lowest BCUT2D eigenvalue weighted by Crippen LogP contribution is -2.17. The van der Waals surface area contributed by atoms with Gasteiger partial charge in [-0.25, -0.2) is 0 Å². The first-order valence-corrected chi connectivity index (χ1v) is 4.33. The normalized spacial score (nSPS) is 16.3. The molecule has 0 atom stereocenters. The van der Waals surface area contributed by atoms with Crippen LogP contribution in [0, 0.1) is 0 Å². The molecule has 0 spiro atoms. The van der Waals surface area contributed by atoms with E-state index in [-0.39, 0.29) is 0 Å². The fourth-order valence-corrected chi connectivity index (χ4v) is 0.966. The zero-order valence-corrected chi connectivity index (χ0v) is 8.44. The topological polar surface area (TPSA) is 3.24 Å². The number of hydrogen-bond acceptors (Lipinski definition) is 1. The summed E-state index contributed by atoms with van der Waals surface area (Å²) in [5, 5.41) is 0.829. The number of rotatable bonds is 0. The monoisotopic (exact) mass is 173 g/mol. The molecule has 0 unspecified atom stereocenters. The molecule has 64 valence electrons. The first-order chi connectivity index (χ1) is 5.20. The minimum atomic E-state index is 0.829. The van der Waals surface area contributed by atoms with Crippen LogP contribution in [0.5, 0.6) is 0 Å². The van der Waals surface area contributed by atoms with Crippen LogP contribution in [0.1, 0.15) is 20.8 Å². The van der Waals surface area contributed by atoms with Crippen LogP contribution in [0.3, 0.4) is 0 Å². The fraction of sp³-hybridized carbons (Fsp3) is 0.556. The van der Waals surface area contributed by atoms with Crippen molar-refractivity contribution in [3.05, 3.63) is 22.9 Å². The average Bonchev–Trinajstić information content (AvgIpc) is 2.02. The molecule has 1 nitrogen and oxygen atoms in total. The Kier molecular flexibility index (Phi) is 5.05. The van der Waals surface area contributed by atoms with Crippen molar-refractivity contribution in [1.29, 1.82) is 0 Å². The summed E-state index contributed by atoms with van der Waals surface area (Å²) in [4.78, 5) is 1.99. The van der Waals surface area contributed by atoms with Gasteiger partial charge in [-0.1, -0.05) is 37.1 Å². The summed E-state index contributed by atoms with van der Waals surface area (Å²) in [5.74, 6) is 0. The molecule has 0 fully saturated rings. The molecule has 0 aromatic rings. The van der Waals surface area contributed by atoms with Crippen molar-refractivity contribution in [3.8, 4) is 0 Å². The summed E-state index contributed by atoms with van der Waals surface area (Å²) in [6.07, 6.45) is 4.11. The molecule has 0 bridgehead atoms. The van der Waals surface area contributed by atoms with E-state index in [2.05, 4.69) is 13.0 Å². The molecule has 0 aromatic carbocycles. The maximum absolute atomic E-state index is 5.81. The van der Waals surface area contributed by atoms with Crippen molar-refractivity contribution >= 4 is 11.6 Å². The Balaban J connectivity index is 0.000000461. The van der Waals surface area contributed by atoms with Crippen LogP contribution in [-0.4, -0.2) is 18.5 Å². The smallest absolute Gasteiger partial charge is 0.105 e. The van der Waals surface area contributed by atoms with Gasteiger partial charge in [-0.3, -0.25) is 0 Å². The van der Waals surface area contributed by atoms with Crippen molar-refractivity contribution in [3.63, 3.8) is 0 Å². The molecule has 2 heteroatoms. The van der Waals surface area contributed by atoms with Crippen molar-refractivity contribution in [1.82, 2.24) is 4.90 Å². The lowest BCUT2D eigenvalue weighted by atomic mass is 10.2. The van der Waals surface area contributed by atoms with Gasteiger partial charge in [0.2, 0.25) is 0 Å². The summed E-state index contributed by atoms with van der Waals surface area (Å²) in [7, 11) is 1.97. The molecule has 0 N–H and O–H groups in total. The van der Waals surface area contributed by atoms with Crippen LogP contribution in [0.4, 0.5) is 0 Å². The molecule has 0 saturated carbocycles. The van der Waals surface area contributed by atoms with Crippen LogP contribution in [0.15, 0.2) is 22.9 Å². The number of nitrogens with zero attached hydrogens (tertiary/aromatic N) is 1. The highest BCUT2D eigenvalue weighted by Gasteiger charge is 2.03. The van der Waals surface area contributed by atoms with E-state index in [0.29, 0.717) is 0 Å². The number of halogens is 1. The predicted molar refractivity (Wildman–Crippen MR) is 51.7 cm³/mol. The fourth-order valence-electron chi connectivity index (χ4n) is 0.725. The number of hydrogen-bond donors (Lipinski definition) is 0. The first kappa shape index (κ1) is 10.6. The molecule has 0 amide bonds. The summed E-state index contributed by atoms with van der Waals surface area (Å²) in [6.45, 7) is 6.98. The Morgan fingerprint density at radius 2 is 2.00 bits per heavy atom. The molecular formula is C9H16ClN. The third kappa shape index (κ3) is 3.47. The van der Waals surface area contributed by atoms with E-state index in [1.165, 1.54) is 5.57 Å².